The van der Waals surface area contributed by atoms with Crippen molar-refractivity contribution in [2.75, 3.05) is 18.0 Å². The van der Waals surface area contributed by atoms with Crippen LogP contribution >= 0.6 is 11.3 Å². The number of carbonyl (C=O) groups excluding carboxylic acids is 3. The van der Waals surface area contributed by atoms with Gasteiger partial charge in [-0.3, -0.25) is 24.6 Å². The lowest BCUT2D eigenvalue weighted by molar-refractivity contribution is -0.384. The van der Waals surface area contributed by atoms with Crippen LogP contribution in [0.4, 0.5) is 16.2 Å². The Balaban J connectivity index is 1.33. The highest BCUT2D eigenvalue weighted by atomic mass is 32.1. The van der Waals surface area contributed by atoms with Crippen molar-refractivity contribution in [2.24, 2.45) is 0 Å². The number of carbonyl (C=O) groups is 3. The molecule has 1 atom stereocenters. The molecule has 0 saturated carbocycles. The summed E-state index contributed by atoms with van der Waals surface area (Å²) in [6.45, 7) is 3.52. The van der Waals surface area contributed by atoms with Crippen molar-refractivity contribution in [3.05, 3.63) is 74.1 Å². The van der Waals surface area contributed by atoms with E-state index in [1.165, 1.54) is 31.2 Å². The van der Waals surface area contributed by atoms with Crippen LogP contribution in [0.15, 0.2) is 47.8 Å². The fraction of sp³-hybridized carbons (Fsp3) is 0.250. The van der Waals surface area contributed by atoms with Gasteiger partial charge in [-0.1, -0.05) is 6.07 Å². The van der Waals surface area contributed by atoms with Crippen LogP contribution in [-0.2, 0) is 21.5 Å². The SMILES string of the molecule is Cc1nc(-c2ccc3c(c2)CCN3C(=O)CN2C(=O)NC(C)(c3ccc([N+](=O)[O-])cc3)C2=O)cs1. The molecule has 1 aromatic heterocycles. The van der Waals surface area contributed by atoms with Crippen molar-refractivity contribution in [3.63, 3.8) is 0 Å². The van der Waals surface area contributed by atoms with E-state index in [9.17, 15) is 24.5 Å². The number of non-ortho nitro benzene ring substituents is 1. The Morgan fingerprint density at radius 3 is 2.63 bits per heavy atom. The molecule has 11 heteroatoms. The van der Waals surface area contributed by atoms with Gasteiger partial charge in [-0.25, -0.2) is 9.78 Å². The van der Waals surface area contributed by atoms with E-state index >= 15 is 0 Å². The van der Waals surface area contributed by atoms with Gasteiger partial charge < -0.3 is 10.2 Å². The standard InChI is InChI=1S/C24H21N5O5S/c1-14-25-19(13-35-14)15-3-8-20-16(11-15)9-10-27(20)21(30)12-28-22(31)24(2,26-23(28)32)17-4-6-18(7-5-17)29(33)34/h3-8,11,13H,9-10,12H2,1-2H3,(H,26,32). The number of rotatable bonds is 5. The number of aromatic nitrogens is 1. The van der Waals surface area contributed by atoms with E-state index in [1.807, 2.05) is 30.5 Å². The van der Waals surface area contributed by atoms with E-state index in [0.29, 0.717) is 18.5 Å². The first-order valence-corrected chi connectivity index (χ1v) is 11.8. The van der Waals surface area contributed by atoms with Crippen molar-refractivity contribution in [1.29, 1.82) is 0 Å². The number of nitro groups is 1. The van der Waals surface area contributed by atoms with E-state index in [2.05, 4.69) is 10.3 Å². The molecule has 1 saturated heterocycles. The maximum atomic E-state index is 13.2. The molecule has 178 valence electrons. The Morgan fingerprint density at radius 2 is 1.97 bits per heavy atom. The molecule has 1 fully saturated rings. The van der Waals surface area contributed by atoms with E-state index in [4.69, 9.17) is 0 Å². The molecule has 4 amide bonds. The molecule has 3 aromatic rings. The monoisotopic (exact) mass is 491 g/mol. The number of thiazole rings is 1. The number of benzene rings is 2. The highest BCUT2D eigenvalue weighted by Gasteiger charge is 2.50. The van der Waals surface area contributed by atoms with Crippen molar-refractivity contribution >= 4 is 40.6 Å². The Labute approximate surface area is 204 Å². The van der Waals surface area contributed by atoms with Gasteiger partial charge in [0.1, 0.15) is 12.1 Å². The number of hydrogen-bond donors (Lipinski definition) is 1. The smallest absolute Gasteiger partial charge is 0.319 e. The molecule has 3 heterocycles. The maximum absolute atomic E-state index is 13.2. The highest BCUT2D eigenvalue weighted by Crippen LogP contribution is 2.34. The minimum absolute atomic E-state index is 0.123. The Hall–Kier alpha value is -4.12. The van der Waals surface area contributed by atoms with Gasteiger partial charge in [0, 0.05) is 35.3 Å². The number of nitrogens with zero attached hydrogens (tertiary/aromatic N) is 4. The number of aryl methyl sites for hydroxylation is 1. The summed E-state index contributed by atoms with van der Waals surface area (Å²) < 4.78 is 0. The Bertz CT molecular complexity index is 1390. The summed E-state index contributed by atoms with van der Waals surface area (Å²) in [5.41, 5.74) is 2.50. The van der Waals surface area contributed by atoms with Crippen LogP contribution < -0.4 is 10.2 Å². The summed E-state index contributed by atoms with van der Waals surface area (Å²) in [4.78, 5) is 56.4. The average Bonchev–Trinajstić information content (AvgIpc) is 3.52. The lowest BCUT2D eigenvalue weighted by atomic mass is 9.92. The average molecular weight is 492 g/mol. The molecular weight excluding hydrogens is 470 g/mol. The van der Waals surface area contributed by atoms with Gasteiger partial charge in [0.2, 0.25) is 5.91 Å². The second kappa shape index (κ2) is 8.27. The third-order valence-electron chi connectivity index (χ3n) is 6.41. The molecule has 0 spiro atoms. The fourth-order valence-electron chi connectivity index (χ4n) is 4.49. The van der Waals surface area contributed by atoms with Gasteiger partial charge in [0.05, 0.1) is 15.6 Å². The van der Waals surface area contributed by atoms with Crippen LogP contribution in [0.25, 0.3) is 11.3 Å². The molecule has 10 nitrogen and oxygen atoms in total. The van der Waals surface area contributed by atoms with Crippen LogP contribution in [-0.4, -0.2) is 45.7 Å². The molecule has 2 aliphatic rings. The number of anilines is 1. The van der Waals surface area contributed by atoms with E-state index in [-0.39, 0.29) is 11.6 Å². The molecule has 1 unspecified atom stereocenters. The zero-order valence-electron chi connectivity index (χ0n) is 19.0. The van der Waals surface area contributed by atoms with Crippen LogP contribution in [0, 0.1) is 17.0 Å². The first kappa shape index (κ1) is 22.7. The highest BCUT2D eigenvalue weighted by molar-refractivity contribution is 7.09. The van der Waals surface area contributed by atoms with E-state index in [0.717, 1.165) is 32.4 Å². The van der Waals surface area contributed by atoms with Gasteiger partial charge in [0.25, 0.3) is 11.6 Å². The molecule has 2 aliphatic heterocycles. The minimum Gasteiger partial charge on any atom is -0.319 e. The summed E-state index contributed by atoms with van der Waals surface area (Å²) in [6, 6.07) is 10.5. The molecule has 1 N–H and O–H groups in total. The van der Waals surface area contributed by atoms with E-state index < -0.39 is 28.9 Å². The number of nitrogens with one attached hydrogen (secondary N) is 1. The molecule has 5 rings (SSSR count). The summed E-state index contributed by atoms with van der Waals surface area (Å²) >= 11 is 1.58. The molecule has 0 aliphatic carbocycles. The summed E-state index contributed by atoms with van der Waals surface area (Å²) in [7, 11) is 0. The lowest BCUT2D eigenvalue weighted by Crippen LogP contribution is -2.44. The van der Waals surface area contributed by atoms with Crippen molar-refractivity contribution < 1.29 is 19.3 Å². The minimum atomic E-state index is -1.42. The molecule has 35 heavy (non-hydrogen) atoms. The molecular formula is C24H21N5O5S. The predicted molar refractivity (Wildman–Crippen MR) is 129 cm³/mol. The number of hydrogen-bond acceptors (Lipinski definition) is 7. The number of fused-ring (bicyclic) bond motifs is 1. The summed E-state index contributed by atoms with van der Waals surface area (Å²) in [5, 5.41) is 16.5. The number of urea groups is 1. The zero-order chi connectivity index (χ0) is 24.9. The van der Waals surface area contributed by atoms with Gasteiger partial charge in [0.15, 0.2) is 0 Å². The maximum Gasteiger partial charge on any atom is 0.325 e. The van der Waals surface area contributed by atoms with Gasteiger partial charge >= 0.3 is 6.03 Å². The molecule has 2 aromatic carbocycles. The first-order chi connectivity index (χ1) is 16.7. The molecule has 0 bridgehead atoms. The third-order valence-corrected chi connectivity index (χ3v) is 7.19. The Kier molecular flexibility index (Phi) is 5.36. The van der Waals surface area contributed by atoms with E-state index in [1.54, 1.807) is 16.2 Å². The Morgan fingerprint density at radius 1 is 1.23 bits per heavy atom. The molecule has 0 radical (unpaired) electrons. The number of amides is 4. The van der Waals surface area contributed by atoms with Crippen molar-refractivity contribution in [1.82, 2.24) is 15.2 Å². The van der Waals surface area contributed by atoms with Crippen LogP contribution in [0.1, 0.15) is 23.1 Å². The van der Waals surface area contributed by atoms with Crippen LogP contribution in [0.3, 0.4) is 0 Å². The fourth-order valence-corrected chi connectivity index (χ4v) is 5.11. The lowest BCUT2D eigenvalue weighted by Gasteiger charge is -2.23. The van der Waals surface area contributed by atoms with Crippen molar-refractivity contribution in [2.45, 2.75) is 25.8 Å². The van der Waals surface area contributed by atoms with Gasteiger partial charge in [-0.15, -0.1) is 11.3 Å². The summed E-state index contributed by atoms with van der Waals surface area (Å²) in [5.74, 6) is -0.948. The van der Waals surface area contributed by atoms with Gasteiger partial charge in [-0.05, 0) is 55.7 Å². The zero-order valence-corrected chi connectivity index (χ0v) is 19.8. The van der Waals surface area contributed by atoms with Crippen LogP contribution in [0.2, 0.25) is 0 Å². The normalized spacial score (nSPS) is 19.1. The van der Waals surface area contributed by atoms with Gasteiger partial charge in [-0.2, -0.15) is 0 Å². The number of imide groups is 1. The first-order valence-electron chi connectivity index (χ1n) is 10.9. The summed E-state index contributed by atoms with van der Waals surface area (Å²) in [6.07, 6.45) is 0.665. The van der Waals surface area contributed by atoms with Crippen molar-refractivity contribution in [3.8, 4) is 11.3 Å². The quantitative estimate of drug-likeness (QED) is 0.331. The predicted octanol–water partition coefficient (Wildman–Crippen LogP) is 3.38. The van der Waals surface area contributed by atoms with Crippen LogP contribution in [0.5, 0.6) is 0 Å². The second-order valence-electron chi connectivity index (χ2n) is 8.64. The second-order valence-corrected chi connectivity index (χ2v) is 9.70. The number of nitro benzene ring substituents is 1. The largest absolute Gasteiger partial charge is 0.325 e. The third kappa shape index (κ3) is 3.83. The topological polar surface area (TPSA) is 126 Å².